The number of amides is 1. The predicted octanol–water partition coefficient (Wildman–Crippen LogP) is 0.926. The van der Waals surface area contributed by atoms with Crippen molar-refractivity contribution in [2.75, 3.05) is 7.05 Å². The zero-order chi connectivity index (χ0) is 25.8. The third-order valence-electron chi connectivity index (χ3n) is 5.62. The number of H-pyrrole nitrogens is 1. The second-order valence-electron chi connectivity index (χ2n) is 7.68. The number of sulfonamides is 1. The molecule has 3 rings (SSSR count). The third kappa shape index (κ3) is 5.65. The molecule has 0 saturated carbocycles. The van der Waals surface area contributed by atoms with Crippen LogP contribution >= 0.6 is 0 Å². The maximum Gasteiger partial charge on any atom is 0.328 e. The quantitative estimate of drug-likeness (QED) is 0.287. The van der Waals surface area contributed by atoms with E-state index in [-0.39, 0.29) is 17.9 Å². The molecule has 0 aliphatic rings. The van der Waals surface area contributed by atoms with Crippen LogP contribution in [0.25, 0.3) is 0 Å². The van der Waals surface area contributed by atoms with E-state index in [2.05, 4.69) is 9.97 Å². The summed E-state index contributed by atoms with van der Waals surface area (Å²) in [4.78, 5) is 42.3. The second-order valence-corrected chi connectivity index (χ2v) is 9.68. The van der Waals surface area contributed by atoms with Crippen LogP contribution in [0.15, 0.2) is 63.3 Å². The van der Waals surface area contributed by atoms with Gasteiger partial charge in [-0.2, -0.15) is 4.31 Å². The van der Waals surface area contributed by atoms with Crippen LogP contribution in [0.5, 0.6) is 11.5 Å². The number of ether oxygens (including phenoxy) is 1. The molecule has 35 heavy (non-hydrogen) atoms. The summed E-state index contributed by atoms with van der Waals surface area (Å²) in [7, 11) is -2.97. The van der Waals surface area contributed by atoms with E-state index in [9.17, 15) is 28.0 Å². The highest BCUT2D eigenvalue weighted by molar-refractivity contribution is 7.89. The smallest absolute Gasteiger partial charge is 0.328 e. The Kier molecular flexibility index (Phi) is 7.84. The topological polar surface area (TPSA) is 164 Å². The van der Waals surface area contributed by atoms with Gasteiger partial charge >= 0.3 is 5.69 Å². The number of aromatic nitrogens is 3. The van der Waals surface area contributed by atoms with Crippen molar-refractivity contribution in [3.8, 4) is 11.5 Å². The lowest BCUT2D eigenvalue weighted by atomic mass is 10.2. The molecule has 1 unspecified atom stereocenters. The van der Waals surface area contributed by atoms with E-state index in [1.807, 2.05) is 0 Å². The molecule has 3 N–H and O–H groups in total. The van der Waals surface area contributed by atoms with Gasteiger partial charge in [0.15, 0.2) is 0 Å². The van der Waals surface area contributed by atoms with Gasteiger partial charge in [0.25, 0.3) is 11.5 Å². The predicted molar refractivity (Wildman–Crippen MR) is 125 cm³/mol. The van der Waals surface area contributed by atoms with Crippen molar-refractivity contribution in [3.05, 3.63) is 80.9 Å². The lowest BCUT2D eigenvalue weighted by molar-refractivity contribution is -0.133. The average Bonchev–Trinajstić information content (AvgIpc) is 2.85. The molecule has 1 aromatic carbocycles. The molecule has 0 aliphatic heterocycles. The molecule has 2 aromatic heterocycles. The van der Waals surface area contributed by atoms with Crippen molar-refractivity contribution in [1.29, 1.82) is 0 Å². The van der Waals surface area contributed by atoms with Crippen molar-refractivity contribution in [2.24, 2.45) is 0 Å². The summed E-state index contributed by atoms with van der Waals surface area (Å²) in [6.07, 6.45) is 2.95. The van der Waals surface area contributed by atoms with Crippen molar-refractivity contribution >= 4 is 15.9 Å². The summed E-state index contributed by atoms with van der Waals surface area (Å²) < 4.78 is 34.1. The van der Waals surface area contributed by atoms with Crippen molar-refractivity contribution in [3.63, 3.8) is 0 Å². The Hall–Kier alpha value is -3.81. The van der Waals surface area contributed by atoms with Gasteiger partial charge in [0, 0.05) is 37.2 Å². The number of pyridine rings is 1. The van der Waals surface area contributed by atoms with E-state index < -0.39 is 33.2 Å². The highest BCUT2D eigenvalue weighted by Gasteiger charge is 2.33. The van der Waals surface area contributed by atoms with E-state index in [0.29, 0.717) is 22.8 Å². The first-order chi connectivity index (χ1) is 16.6. The Morgan fingerprint density at radius 2 is 1.74 bits per heavy atom. The third-order valence-corrected chi connectivity index (χ3v) is 7.50. The van der Waals surface area contributed by atoms with Gasteiger partial charge in [0.2, 0.25) is 10.0 Å². The minimum Gasteiger partial charge on any atom is -0.457 e. The number of nitrogens with one attached hydrogen (secondary N) is 2. The summed E-state index contributed by atoms with van der Waals surface area (Å²) >= 11 is 0. The molecule has 0 radical (unpaired) electrons. The summed E-state index contributed by atoms with van der Waals surface area (Å²) in [5.74, 6) is -0.0539. The molecular formula is C22H25N5O7S. The van der Waals surface area contributed by atoms with Gasteiger partial charge < -0.3 is 4.74 Å². The Morgan fingerprint density at radius 3 is 2.34 bits per heavy atom. The fourth-order valence-electron chi connectivity index (χ4n) is 3.41. The van der Waals surface area contributed by atoms with Crippen LogP contribution in [0, 0.1) is 13.8 Å². The van der Waals surface area contributed by atoms with Gasteiger partial charge in [-0.1, -0.05) is 0 Å². The number of hydroxylamine groups is 1. The van der Waals surface area contributed by atoms with Crippen LogP contribution in [-0.2, 0) is 21.4 Å². The monoisotopic (exact) mass is 503 g/mol. The molecule has 1 amide bonds. The molecule has 1 atom stereocenters. The molecule has 0 spiro atoms. The number of likely N-dealkylation sites (N-methyl/N-ethyl adjacent to an activating group) is 1. The molecular weight excluding hydrogens is 478 g/mol. The zero-order valence-electron chi connectivity index (χ0n) is 19.3. The Balaban J connectivity index is 1.83. The number of aromatic amines is 1. The first kappa shape index (κ1) is 25.8. The van der Waals surface area contributed by atoms with Gasteiger partial charge in [-0.25, -0.2) is 18.7 Å². The average molecular weight is 504 g/mol. The molecule has 0 bridgehead atoms. The fraction of sp³-hybridized carbons (Fsp3) is 0.273. The summed E-state index contributed by atoms with van der Waals surface area (Å²) in [6.45, 7) is 3.03. The van der Waals surface area contributed by atoms with Crippen LogP contribution in [0.2, 0.25) is 0 Å². The number of hydrogen-bond acceptors (Lipinski definition) is 8. The minimum absolute atomic E-state index is 0.0844. The van der Waals surface area contributed by atoms with E-state index in [0.717, 1.165) is 4.31 Å². The van der Waals surface area contributed by atoms with Crippen LogP contribution in [0.3, 0.4) is 0 Å². The number of hydrogen-bond donors (Lipinski definition) is 3. The maximum absolute atomic E-state index is 13.2. The van der Waals surface area contributed by atoms with Gasteiger partial charge in [-0.05, 0) is 56.7 Å². The van der Waals surface area contributed by atoms with Crippen LogP contribution < -0.4 is 21.5 Å². The largest absolute Gasteiger partial charge is 0.457 e. The highest BCUT2D eigenvalue weighted by atomic mass is 32.2. The maximum atomic E-state index is 13.2. The number of benzene rings is 1. The minimum atomic E-state index is -4.17. The Bertz CT molecular complexity index is 1420. The van der Waals surface area contributed by atoms with Gasteiger partial charge in [-0.15, -0.1) is 0 Å². The van der Waals surface area contributed by atoms with Gasteiger partial charge in [-0.3, -0.25) is 29.3 Å². The molecule has 0 aliphatic carbocycles. The molecule has 186 valence electrons. The van der Waals surface area contributed by atoms with E-state index >= 15 is 0 Å². The fourth-order valence-corrected chi connectivity index (χ4v) is 4.76. The number of carbonyl (C=O) groups excluding carboxylic acids is 1. The normalized spacial score (nSPS) is 12.4. The summed E-state index contributed by atoms with van der Waals surface area (Å²) in [5.41, 5.74) is 0.978. The SMILES string of the molecule is Cc1c(C)n(CCC(C(=O)NO)N(C)S(=O)(=O)c2ccc(Oc3ccncc3)cc2)c(=O)[nH]c1=O. The first-order valence-corrected chi connectivity index (χ1v) is 11.9. The molecule has 0 fully saturated rings. The number of carbonyl (C=O) groups is 1. The van der Waals surface area contributed by atoms with Crippen LogP contribution in [0.4, 0.5) is 0 Å². The second kappa shape index (κ2) is 10.6. The zero-order valence-corrected chi connectivity index (χ0v) is 20.1. The van der Waals surface area contributed by atoms with Crippen LogP contribution in [-0.4, -0.2) is 51.5 Å². The molecule has 12 nitrogen and oxygen atoms in total. The Morgan fingerprint density at radius 1 is 1.14 bits per heavy atom. The summed E-state index contributed by atoms with van der Waals surface area (Å²) in [6, 6.07) is 7.53. The molecule has 13 heteroatoms. The summed E-state index contributed by atoms with van der Waals surface area (Å²) in [5, 5.41) is 9.20. The molecule has 2 heterocycles. The van der Waals surface area contributed by atoms with E-state index in [1.54, 1.807) is 38.4 Å². The van der Waals surface area contributed by atoms with E-state index in [1.165, 1.54) is 41.4 Å². The lowest BCUT2D eigenvalue weighted by Crippen LogP contribution is -2.48. The first-order valence-electron chi connectivity index (χ1n) is 10.5. The van der Waals surface area contributed by atoms with Crippen molar-refractivity contribution in [2.45, 2.75) is 37.8 Å². The highest BCUT2D eigenvalue weighted by Crippen LogP contribution is 2.24. The van der Waals surface area contributed by atoms with Crippen molar-refractivity contribution in [1.82, 2.24) is 24.3 Å². The van der Waals surface area contributed by atoms with E-state index in [4.69, 9.17) is 4.74 Å². The standard InChI is InChI=1S/C22H25N5O7S/c1-14-15(2)27(22(30)24-20(14)28)13-10-19(21(29)25-31)26(3)35(32,33)18-6-4-16(5-7-18)34-17-8-11-23-12-9-17/h4-9,11-12,19,31H,10,13H2,1-3H3,(H,25,29)(H,24,28,30). The molecule has 3 aromatic rings. The molecule has 0 saturated heterocycles. The number of rotatable bonds is 9. The van der Waals surface area contributed by atoms with Gasteiger partial charge in [0.1, 0.15) is 17.5 Å². The Labute approximate surface area is 200 Å². The van der Waals surface area contributed by atoms with Gasteiger partial charge in [0.05, 0.1) is 4.90 Å². The van der Waals surface area contributed by atoms with Crippen LogP contribution in [0.1, 0.15) is 17.7 Å². The van der Waals surface area contributed by atoms with Crippen molar-refractivity contribution < 1.29 is 23.2 Å². The number of nitrogens with zero attached hydrogens (tertiary/aromatic N) is 3. The lowest BCUT2D eigenvalue weighted by Gasteiger charge is -2.26.